The highest BCUT2D eigenvalue weighted by Gasteiger charge is 2.54. The number of carbonyl (C=O) groups excluding carboxylic acids is 2. The van der Waals surface area contributed by atoms with E-state index in [-0.39, 0.29) is 34.6 Å². The number of nitrogens with zero attached hydrogens (tertiary/aromatic N) is 7. The molecule has 4 heterocycles. The smallest absolute Gasteiger partial charge is 0.352 e. The zero-order chi connectivity index (χ0) is 28.4. The number of nitrogens with two attached hydrogens (primary N) is 1. The number of thiazole rings is 1. The summed E-state index contributed by atoms with van der Waals surface area (Å²) >= 11 is 3.67. The molecule has 2 aliphatic rings. The number of anilines is 1. The molecule has 0 bridgehead atoms. The van der Waals surface area contributed by atoms with Crippen LogP contribution in [-0.2, 0) is 32.9 Å². The second-order valence-electron chi connectivity index (χ2n) is 8.40. The van der Waals surface area contributed by atoms with E-state index >= 15 is 0 Å². The molecule has 0 spiro atoms. The van der Waals surface area contributed by atoms with E-state index in [2.05, 4.69) is 31.0 Å². The maximum Gasteiger partial charge on any atom is 0.352 e. The predicted octanol–water partition coefficient (Wildman–Crippen LogP) is 0.840. The normalized spacial score (nSPS) is 18.8. The van der Waals surface area contributed by atoms with Gasteiger partial charge in [0.2, 0.25) is 5.16 Å². The van der Waals surface area contributed by atoms with E-state index in [9.17, 15) is 23.9 Å². The van der Waals surface area contributed by atoms with Gasteiger partial charge in [-0.2, -0.15) is 0 Å². The van der Waals surface area contributed by atoms with Gasteiger partial charge in [0.1, 0.15) is 35.2 Å². The zero-order valence-electron chi connectivity index (χ0n) is 20.6. The summed E-state index contributed by atoms with van der Waals surface area (Å²) in [4.78, 5) is 49.0. The molecule has 2 aromatic heterocycles. The van der Waals surface area contributed by atoms with Crippen molar-refractivity contribution in [1.82, 2.24) is 35.4 Å². The van der Waals surface area contributed by atoms with E-state index in [1.54, 1.807) is 7.05 Å². The van der Waals surface area contributed by atoms with Crippen molar-refractivity contribution in [2.75, 3.05) is 17.2 Å². The highest BCUT2D eigenvalue weighted by molar-refractivity contribution is 8.01. The van der Waals surface area contributed by atoms with E-state index < -0.39 is 35.0 Å². The van der Waals surface area contributed by atoms with Crippen LogP contribution in [0.5, 0.6) is 0 Å². The first-order chi connectivity index (χ1) is 19.2. The van der Waals surface area contributed by atoms with Gasteiger partial charge < -0.3 is 21.0 Å². The molecule has 0 saturated carbocycles. The molecule has 2 amide bonds. The Morgan fingerprint density at radius 1 is 1.35 bits per heavy atom. The van der Waals surface area contributed by atoms with Crippen molar-refractivity contribution < 1.29 is 28.7 Å². The quantitative estimate of drug-likeness (QED) is 0.128. The van der Waals surface area contributed by atoms with Crippen LogP contribution in [0, 0.1) is 5.82 Å². The number of β-lactam (4-membered cyclic amide) rings is 1. The van der Waals surface area contributed by atoms with Gasteiger partial charge in [0.05, 0.1) is 0 Å². The first kappa shape index (κ1) is 27.5. The lowest BCUT2D eigenvalue weighted by Gasteiger charge is -2.49. The largest absolute Gasteiger partial charge is 0.477 e. The molecule has 2 aliphatic heterocycles. The number of carboxylic acids is 1. The van der Waals surface area contributed by atoms with Crippen molar-refractivity contribution >= 4 is 63.5 Å². The maximum atomic E-state index is 13.2. The molecular formula is C22H20FN9O5S3. The number of aliphatic carboxylic acids is 1. The van der Waals surface area contributed by atoms with Crippen molar-refractivity contribution in [3.05, 3.63) is 58.0 Å². The van der Waals surface area contributed by atoms with Gasteiger partial charge in [-0.15, -0.1) is 28.2 Å². The number of hydrogen-bond acceptors (Lipinski definition) is 13. The highest BCUT2D eigenvalue weighted by Crippen LogP contribution is 2.41. The van der Waals surface area contributed by atoms with E-state index in [0.717, 1.165) is 11.3 Å². The minimum Gasteiger partial charge on any atom is -0.477 e. The molecule has 1 unspecified atom stereocenters. The lowest BCUT2D eigenvalue weighted by Crippen LogP contribution is -2.71. The van der Waals surface area contributed by atoms with E-state index in [1.807, 2.05) is 0 Å². The van der Waals surface area contributed by atoms with Crippen molar-refractivity contribution in [2.24, 2.45) is 12.2 Å². The molecule has 18 heteroatoms. The van der Waals surface area contributed by atoms with Crippen LogP contribution in [0.25, 0.3) is 0 Å². The lowest BCUT2D eigenvalue weighted by atomic mass is 10.0. The standard InChI is InChI=1S/C22H20FN9O5S3/c1-31-22(27-29-30-31)40-8-11-7-38-19-15(18(34)32(19)16(11)20(35)36)26-17(33)14(13-9-39-21(24)25-13)28-37-6-10-2-4-12(23)5-3-10/h2-5,9,15,19H,6-8H2,1H3,(H2,24,25)(H,26,33)(H,35,36)/t15?,19-/m0/s1. The fourth-order valence-corrected chi connectivity index (χ4v) is 6.73. The molecule has 208 valence electrons. The van der Waals surface area contributed by atoms with E-state index in [0.29, 0.717) is 22.0 Å². The third kappa shape index (κ3) is 5.63. The minimum absolute atomic E-state index is 0.0523. The third-order valence-electron chi connectivity index (χ3n) is 5.77. The van der Waals surface area contributed by atoms with Gasteiger partial charge in [-0.25, -0.2) is 18.9 Å². The van der Waals surface area contributed by atoms with Gasteiger partial charge in [-0.1, -0.05) is 29.1 Å². The first-order valence-electron chi connectivity index (χ1n) is 11.4. The number of oxime groups is 1. The number of halogens is 1. The Balaban J connectivity index is 1.29. The monoisotopic (exact) mass is 605 g/mol. The van der Waals surface area contributed by atoms with Crippen molar-refractivity contribution in [3.8, 4) is 0 Å². The van der Waals surface area contributed by atoms with E-state index in [4.69, 9.17) is 10.6 Å². The number of aromatic nitrogens is 5. The number of nitrogen functional groups attached to an aromatic ring is 1. The topological polar surface area (TPSA) is 191 Å². The molecule has 40 heavy (non-hydrogen) atoms. The van der Waals surface area contributed by atoms with E-state index in [1.165, 1.54) is 62.8 Å². The molecule has 0 radical (unpaired) electrons. The molecule has 2 atom stereocenters. The molecule has 1 saturated heterocycles. The molecule has 14 nitrogen and oxygen atoms in total. The fourth-order valence-electron chi connectivity index (χ4n) is 3.85. The van der Waals surface area contributed by atoms with Crippen LogP contribution in [0.1, 0.15) is 11.3 Å². The van der Waals surface area contributed by atoms with Crippen LogP contribution in [-0.4, -0.2) is 81.6 Å². The summed E-state index contributed by atoms with van der Waals surface area (Å²) in [7, 11) is 1.66. The number of aryl methyl sites for hydroxylation is 1. The number of hydrogen-bond donors (Lipinski definition) is 3. The van der Waals surface area contributed by atoms with Gasteiger partial charge in [-0.3, -0.25) is 14.5 Å². The number of rotatable bonds is 10. The fraction of sp³-hybridized carbons (Fsp3) is 0.273. The summed E-state index contributed by atoms with van der Waals surface area (Å²) in [5, 5.41) is 29.2. The lowest BCUT2D eigenvalue weighted by molar-refractivity contribution is -0.150. The third-order valence-corrected chi connectivity index (χ3v) is 8.88. The number of thioether (sulfide) groups is 2. The number of carboxylic acid groups (broad SMARTS) is 1. The van der Waals surface area contributed by atoms with Crippen molar-refractivity contribution in [2.45, 2.75) is 23.2 Å². The maximum absolute atomic E-state index is 13.2. The van der Waals surface area contributed by atoms with Crippen LogP contribution in [0.3, 0.4) is 0 Å². The number of amides is 2. The van der Waals surface area contributed by atoms with Crippen molar-refractivity contribution in [1.29, 1.82) is 0 Å². The van der Waals surface area contributed by atoms with Crippen LogP contribution in [0.2, 0.25) is 0 Å². The Hall–Kier alpha value is -4.03. The number of fused-ring (bicyclic) bond motifs is 1. The first-order valence-corrected chi connectivity index (χ1v) is 14.4. The second-order valence-corrected chi connectivity index (χ2v) is 11.3. The van der Waals surface area contributed by atoms with Gasteiger partial charge in [0, 0.05) is 23.9 Å². The zero-order valence-corrected chi connectivity index (χ0v) is 23.0. The Morgan fingerprint density at radius 3 is 2.77 bits per heavy atom. The molecule has 4 N–H and O–H groups in total. The number of nitrogens with one attached hydrogen (secondary N) is 1. The minimum atomic E-state index is -1.25. The van der Waals surface area contributed by atoms with Gasteiger partial charge in [-0.05, 0) is 33.7 Å². The molecule has 3 aromatic rings. The molecule has 0 aliphatic carbocycles. The average Bonchev–Trinajstić information content (AvgIpc) is 3.55. The van der Waals surface area contributed by atoms with Gasteiger partial charge >= 0.3 is 5.97 Å². The van der Waals surface area contributed by atoms with Crippen LogP contribution in [0.15, 0.2) is 51.2 Å². The Bertz CT molecular complexity index is 1520. The summed E-state index contributed by atoms with van der Waals surface area (Å²) < 4.78 is 14.6. The van der Waals surface area contributed by atoms with Gasteiger partial charge in [0.25, 0.3) is 11.8 Å². The van der Waals surface area contributed by atoms with Gasteiger partial charge in [0.15, 0.2) is 10.8 Å². The summed E-state index contributed by atoms with van der Waals surface area (Å²) in [6, 6.07) is 4.56. The Kier molecular flexibility index (Phi) is 7.99. The summed E-state index contributed by atoms with van der Waals surface area (Å²) in [6.45, 7) is -0.0523. The Morgan fingerprint density at radius 2 is 2.12 bits per heavy atom. The molecule has 1 aromatic carbocycles. The molecular weight excluding hydrogens is 585 g/mol. The molecule has 1 fully saturated rings. The average molecular weight is 606 g/mol. The van der Waals surface area contributed by atoms with Crippen molar-refractivity contribution in [3.63, 3.8) is 0 Å². The summed E-state index contributed by atoms with van der Waals surface area (Å²) in [6.07, 6.45) is 0. The van der Waals surface area contributed by atoms with Crippen LogP contribution >= 0.6 is 34.9 Å². The second kappa shape index (κ2) is 11.6. The number of carbonyl (C=O) groups is 3. The number of benzene rings is 1. The highest BCUT2D eigenvalue weighted by atomic mass is 32.2. The summed E-state index contributed by atoms with van der Waals surface area (Å²) in [5.41, 5.74) is 6.68. The number of tetrazole rings is 1. The predicted molar refractivity (Wildman–Crippen MR) is 143 cm³/mol. The summed E-state index contributed by atoms with van der Waals surface area (Å²) in [5.74, 6) is -2.38. The van der Waals surface area contributed by atoms with Crippen LogP contribution in [0.4, 0.5) is 9.52 Å². The SMILES string of the molecule is Cn1nnnc1SCC1=C(C(=O)O)N2C(=O)C(NC(=O)C(=NOCc3ccc(F)cc3)c3csc(N)n3)[C@@H]2SC1. The van der Waals surface area contributed by atoms with Crippen LogP contribution < -0.4 is 11.1 Å². The Labute approximate surface area is 237 Å². The molecule has 5 rings (SSSR count).